The van der Waals surface area contributed by atoms with E-state index in [9.17, 15) is 9.59 Å². The molecule has 8 nitrogen and oxygen atoms in total. The molecule has 2 aromatic rings. The van der Waals surface area contributed by atoms with E-state index >= 15 is 0 Å². The number of amides is 2. The summed E-state index contributed by atoms with van der Waals surface area (Å²) in [5, 5.41) is 2.75. The number of anilines is 1. The van der Waals surface area contributed by atoms with Crippen LogP contribution in [0.3, 0.4) is 0 Å². The molecule has 130 valence electrons. The average molecular weight is 340 g/mol. The Morgan fingerprint density at radius 2 is 1.88 bits per heavy atom. The molecule has 1 aliphatic heterocycles. The number of piperazine rings is 1. The molecule has 0 unspecified atom stereocenters. The maximum absolute atomic E-state index is 12.4. The van der Waals surface area contributed by atoms with Crippen LogP contribution in [-0.4, -0.2) is 64.4 Å². The van der Waals surface area contributed by atoms with Crippen molar-refractivity contribution >= 4 is 17.6 Å². The van der Waals surface area contributed by atoms with Crippen molar-refractivity contribution in [2.45, 2.75) is 6.92 Å². The van der Waals surface area contributed by atoms with Crippen molar-refractivity contribution in [1.82, 2.24) is 25.2 Å². The van der Waals surface area contributed by atoms with Gasteiger partial charge in [-0.05, 0) is 19.1 Å². The maximum Gasteiger partial charge on any atom is 0.274 e. The minimum atomic E-state index is -0.124. The van der Waals surface area contributed by atoms with Crippen LogP contribution in [-0.2, 0) is 0 Å². The van der Waals surface area contributed by atoms with Gasteiger partial charge in [-0.1, -0.05) is 0 Å². The van der Waals surface area contributed by atoms with E-state index < -0.39 is 0 Å². The number of hydrogen-bond acceptors (Lipinski definition) is 6. The number of rotatable bonds is 4. The monoisotopic (exact) mass is 340 g/mol. The number of carbonyl (C=O) groups is 2. The van der Waals surface area contributed by atoms with Crippen LogP contribution < -0.4 is 10.2 Å². The number of hydrogen-bond donors (Lipinski definition) is 1. The lowest BCUT2D eigenvalue weighted by molar-refractivity contribution is 0.0739. The van der Waals surface area contributed by atoms with Crippen LogP contribution in [0.15, 0.2) is 36.9 Å². The average Bonchev–Trinajstić information content (AvgIpc) is 2.68. The minimum Gasteiger partial charge on any atom is -0.353 e. The lowest BCUT2D eigenvalue weighted by Gasteiger charge is -2.35. The summed E-state index contributed by atoms with van der Waals surface area (Å²) in [6.07, 6.45) is 6.13. The van der Waals surface area contributed by atoms with Crippen molar-refractivity contribution in [1.29, 1.82) is 0 Å². The quantitative estimate of drug-likeness (QED) is 0.876. The Hall–Kier alpha value is -3.03. The summed E-state index contributed by atoms with van der Waals surface area (Å²) in [5.74, 6) is 0.577. The summed E-state index contributed by atoms with van der Waals surface area (Å²) in [6, 6.07) is 3.61. The summed E-state index contributed by atoms with van der Waals surface area (Å²) >= 11 is 0. The largest absolute Gasteiger partial charge is 0.353 e. The highest BCUT2D eigenvalue weighted by Gasteiger charge is 2.23. The van der Waals surface area contributed by atoms with Gasteiger partial charge in [-0.3, -0.25) is 14.6 Å². The number of pyridine rings is 1. The summed E-state index contributed by atoms with van der Waals surface area (Å²) in [6.45, 7) is 5.01. The Morgan fingerprint density at radius 1 is 1.08 bits per heavy atom. The molecule has 0 spiro atoms. The Morgan fingerprint density at radius 3 is 2.48 bits per heavy atom. The minimum absolute atomic E-state index is 0.104. The Balaban J connectivity index is 1.59. The topological polar surface area (TPSA) is 91.3 Å². The molecule has 1 N–H and O–H groups in total. The fraction of sp³-hybridized carbons (Fsp3) is 0.353. The molecular formula is C17H20N6O2. The maximum atomic E-state index is 12.4. The van der Waals surface area contributed by atoms with Crippen LogP contribution in [0.4, 0.5) is 5.82 Å². The summed E-state index contributed by atoms with van der Waals surface area (Å²) in [7, 11) is 0. The summed E-state index contributed by atoms with van der Waals surface area (Å²) in [4.78, 5) is 40.4. The highest BCUT2D eigenvalue weighted by molar-refractivity contribution is 5.94. The van der Waals surface area contributed by atoms with Gasteiger partial charge >= 0.3 is 0 Å². The normalized spacial score (nSPS) is 14.3. The second-order valence-corrected chi connectivity index (χ2v) is 5.63. The van der Waals surface area contributed by atoms with Crippen molar-refractivity contribution in [3.8, 4) is 0 Å². The fourth-order valence-electron chi connectivity index (χ4n) is 2.68. The molecular weight excluding hydrogens is 320 g/mol. The van der Waals surface area contributed by atoms with Crippen LogP contribution >= 0.6 is 0 Å². The smallest absolute Gasteiger partial charge is 0.274 e. The summed E-state index contributed by atoms with van der Waals surface area (Å²) < 4.78 is 0. The van der Waals surface area contributed by atoms with Gasteiger partial charge in [0.25, 0.3) is 11.8 Å². The third kappa shape index (κ3) is 3.90. The van der Waals surface area contributed by atoms with Gasteiger partial charge in [0.15, 0.2) is 0 Å². The number of carbonyl (C=O) groups excluding carboxylic acids is 2. The van der Waals surface area contributed by atoms with Crippen molar-refractivity contribution in [3.63, 3.8) is 0 Å². The predicted molar refractivity (Wildman–Crippen MR) is 92.4 cm³/mol. The van der Waals surface area contributed by atoms with Crippen molar-refractivity contribution in [2.24, 2.45) is 0 Å². The first-order valence-electron chi connectivity index (χ1n) is 8.23. The molecule has 0 atom stereocenters. The van der Waals surface area contributed by atoms with Gasteiger partial charge in [-0.2, -0.15) is 0 Å². The lowest BCUT2D eigenvalue weighted by Crippen LogP contribution is -2.49. The van der Waals surface area contributed by atoms with E-state index in [2.05, 4.69) is 25.2 Å². The first-order chi connectivity index (χ1) is 12.2. The second-order valence-electron chi connectivity index (χ2n) is 5.63. The first-order valence-corrected chi connectivity index (χ1v) is 8.23. The summed E-state index contributed by atoms with van der Waals surface area (Å²) in [5.41, 5.74) is 0.905. The molecule has 0 bridgehead atoms. The molecule has 1 saturated heterocycles. The molecule has 0 radical (unpaired) electrons. The number of nitrogens with zero attached hydrogens (tertiary/aromatic N) is 5. The third-order valence-corrected chi connectivity index (χ3v) is 4.02. The van der Waals surface area contributed by atoms with E-state index in [0.29, 0.717) is 44.0 Å². The van der Waals surface area contributed by atoms with Crippen molar-refractivity contribution < 1.29 is 9.59 Å². The van der Waals surface area contributed by atoms with Gasteiger partial charge in [-0.15, -0.1) is 0 Å². The third-order valence-electron chi connectivity index (χ3n) is 4.02. The fourth-order valence-corrected chi connectivity index (χ4v) is 2.68. The van der Waals surface area contributed by atoms with E-state index in [-0.39, 0.29) is 11.8 Å². The van der Waals surface area contributed by atoms with E-state index in [4.69, 9.17) is 0 Å². The first kappa shape index (κ1) is 16.8. The molecule has 2 amide bonds. The van der Waals surface area contributed by atoms with Crippen LogP contribution in [0.1, 0.15) is 27.8 Å². The SMILES string of the molecule is CCNC(=O)c1ccc(N2CCN(C(=O)c3cnccn3)CC2)nc1. The standard InChI is InChI=1S/C17H20N6O2/c1-2-19-16(24)13-3-4-15(21-11-13)22-7-9-23(10-8-22)17(25)14-12-18-5-6-20-14/h3-6,11-12H,2,7-10H2,1H3,(H,19,24). The second kappa shape index (κ2) is 7.69. The van der Waals surface area contributed by atoms with Gasteiger partial charge < -0.3 is 15.1 Å². The lowest BCUT2D eigenvalue weighted by atomic mass is 10.2. The molecule has 1 aliphatic rings. The zero-order chi connectivity index (χ0) is 17.6. The van der Waals surface area contributed by atoms with Gasteiger partial charge in [0.1, 0.15) is 11.5 Å². The molecule has 0 aromatic carbocycles. The highest BCUT2D eigenvalue weighted by atomic mass is 16.2. The van der Waals surface area contributed by atoms with Crippen molar-refractivity contribution in [2.75, 3.05) is 37.6 Å². The van der Waals surface area contributed by atoms with Crippen LogP contribution in [0.25, 0.3) is 0 Å². The Labute approximate surface area is 145 Å². The molecule has 2 aromatic heterocycles. The molecule has 25 heavy (non-hydrogen) atoms. The zero-order valence-electron chi connectivity index (χ0n) is 14.1. The molecule has 3 rings (SSSR count). The van der Waals surface area contributed by atoms with E-state index in [1.54, 1.807) is 23.4 Å². The van der Waals surface area contributed by atoms with Crippen LogP contribution in [0, 0.1) is 0 Å². The molecule has 3 heterocycles. The number of nitrogens with one attached hydrogen (secondary N) is 1. The Bertz CT molecular complexity index is 727. The molecule has 8 heteroatoms. The zero-order valence-corrected chi connectivity index (χ0v) is 14.1. The highest BCUT2D eigenvalue weighted by Crippen LogP contribution is 2.15. The van der Waals surface area contributed by atoms with Crippen LogP contribution in [0.5, 0.6) is 0 Å². The van der Waals surface area contributed by atoms with Gasteiger partial charge in [0.05, 0.1) is 11.8 Å². The molecule has 0 aliphatic carbocycles. The Kier molecular flexibility index (Phi) is 5.17. The van der Waals surface area contributed by atoms with E-state index in [1.165, 1.54) is 12.4 Å². The molecule has 1 fully saturated rings. The predicted octanol–water partition coefficient (Wildman–Crippen LogP) is 0.584. The number of aromatic nitrogens is 3. The van der Waals surface area contributed by atoms with Crippen LogP contribution in [0.2, 0.25) is 0 Å². The molecule has 0 saturated carbocycles. The van der Waals surface area contributed by atoms with E-state index in [0.717, 1.165) is 5.82 Å². The van der Waals surface area contributed by atoms with Gasteiger partial charge in [0, 0.05) is 51.3 Å². The van der Waals surface area contributed by atoms with Crippen molar-refractivity contribution in [3.05, 3.63) is 48.2 Å². The van der Waals surface area contributed by atoms with Gasteiger partial charge in [0.2, 0.25) is 0 Å². The van der Waals surface area contributed by atoms with E-state index in [1.807, 2.05) is 13.0 Å². The van der Waals surface area contributed by atoms with Gasteiger partial charge in [-0.25, -0.2) is 9.97 Å².